The molecular weight excluding hydrogens is 134 g/mol. The van der Waals surface area contributed by atoms with Crippen LogP contribution in [0.4, 0.5) is 0 Å². The third kappa shape index (κ3) is 2.26. The third-order valence-corrected chi connectivity index (χ3v) is 1.61. The van der Waals surface area contributed by atoms with Gasteiger partial charge in [0.1, 0.15) is 0 Å². The van der Waals surface area contributed by atoms with Crippen LogP contribution in [0.3, 0.4) is 0 Å². The Morgan fingerprint density at radius 3 is 2.73 bits per heavy atom. The molecule has 0 spiro atoms. The molecule has 0 unspecified atom stereocenters. The van der Waals surface area contributed by atoms with E-state index in [0.717, 1.165) is 0 Å². The first-order chi connectivity index (χ1) is 5.20. The molecule has 0 atom stereocenters. The molecule has 60 valence electrons. The monoisotopic (exact) mass is 149 g/mol. The van der Waals surface area contributed by atoms with Gasteiger partial charge in [-0.3, -0.25) is 0 Å². The van der Waals surface area contributed by atoms with Crippen LogP contribution in [0.2, 0.25) is 0 Å². The van der Waals surface area contributed by atoms with Crippen LogP contribution in [-0.2, 0) is 0 Å². The molecule has 0 aliphatic heterocycles. The Morgan fingerprint density at radius 2 is 2.27 bits per heavy atom. The van der Waals surface area contributed by atoms with E-state index in [2.05, 4.69) is 37.9 Å². The van der Waals surface area contributed by atoms with Crippen LogP contribution in [0, 0.1) is 5.92 Å². The molecule has 0 fully saturated rings. The first-order valence-corrected chi connectivity index (χ1v) is 4.02. The van der Waals surface area contributed by atoms with Crippen LogP contribution < -0.4 is 0 Å². The lowest BCUT2D eigenvalue weighted by Crippen LogP contribution is -1.83. The van der Waals surface area contributed by atoms with Gasteiger partial charge in [-0.25, -0.2) is 0 Å². The molecule has 1 nitrogen and oxygen atoms in total. The van der Waals surface area contributed by atoms with Crippen molar-refractivity contribution in [3.63, 3.8) is 0 Å². The van der Waals surface area contributed by atoms with E-state index in [1.807, 2.05) is 12.3 Å². The Balaban J connectivity index is 2.77. The Kier molecular flexibility index (Phi) is 2.53. The van der Waals surface area contributed by atoms with E-state index >= 15 is 0 Å². The fourth-order valence-electron chi connectivity index (χ4n) is 1.17. The topological polar surface area (TPSA) is 15.8 Å². The van der Waals surface area contributed by atoms with Crippen LogP contribution in [0.5, 0.6) is 0 Å². The van der Waals surface area contributed by atoms with Crippen molar-refractivity contribution in [2.75, 3.05) is 0 Å². The molecule has 11 heavy (non-hydrogen) atoms. The van der Waals surface area contributed by atoms with Gasteiger partial charge >= 0.3 is 0 Å². The first kappa shape index (κ1) is 8.12. The van der Waals surface area contributed by atoms with Crippen LogP contribution in [0.1, 0.15) is 26.5 Å². The molecule has 0 saturated carbocycles. The zero-order valence-corrected chi connectivity index (χ0v) is 7.39. The number of rotatable bonds is 2. The second-order valence-corrected chi connectivity index (χ2v) is 3.18. The van der Waals surface area contributed by atoms with Gasteiger partial charge in [-0.1, -0.05) is 19.9 Å². The summed E-state index contributed by atoms with van der Waals surface area (Å²) in [7, 11) is 0. The number of aromatic amines is 1. The van der Waals surface area contributed by atoms with Crippen LogP contribution in [0.25, 0.3) is 5.57 Å². The van der Waals surface area contributed by atoms with Gasteiger partial charge in [-0.15, -0.1) is 0 Å². The number of nitrogens with one attached hydrogen (secondary N) is 1. The predicted molar refractivity (Wildman–Crippen MR) is 49.3 cm³/mol. The quantitative estimate of drug-likeness (QED) is 0.665. The largest absolute Gasteiger partial charge is 0.361 e. The van der Waals surface area contributed by atoms with E-state index in [4.69, 9.17) is 0 Å². The number of hydrogen-bond donors (Lipinski definition) is 1. The zero-order valence-electron chi connectivity index (χ0n) is 7.39. The molecule has 0 aromatic carbocycles. The molecule has 1 aromatic heterocycles. The van der Waals surface area contributed by atoms with E-state index in [1.54, 1.807) is 0 Å². The summed E-state index contributed by atoms with van der Waals surface area (Å²) in [6, 6.07) is 4.11. The molecule has 1 aromatic rings. The lowest BCUT2D eigenvalue weighted by molar-refractivity contribution is 0.832. The van der Waals surface area contributed by atoms with Crippen molar-refractivity contribution < 1.29 is 0 Å². The third-order valence-electron chi connectivity index (χ3n) is 1.61. The molecule has 0 aliphatic carbocycles. The summed E-state index contributed by atoms with van der Waals surface area (Å²) in [6.45, 7) is 6.50. The van der Waals surface area contributed by atoms with Crippen LogP contribution >= 0.6 is 0 Å². The van der Waals surface area contributed by atoms with Gasteiger partial charge in [0.15, 0.2) is 0 Å². The lowest BCUT2D eigenvalue weighted by atomic mass is 10.1. The maximum absolute atomic E-state index is 3.17. The van der Waals surface area contributed by atoms with Crippen molar-refractivity contribution in [3.05, 3.63) is 30.1 Å². The number of allylic oxidation sites excluding steroid dienone is 2. The molecule has 0 aliphatic rings. The first-order valence-electron chi connectivity index (χ1n) is 4.02. The molecular formula is C10H15N. The number of hydrogen-bond acceptors (Lipinski definition) is 0. The maximum atomic E-state index is 3.17. The summed E-state index contributed by atoms with van der Waals surface area (Å²) in [5.74, 6) is 0.623. The molecule has 0 bridgehead atoms. The molecule has 1 rings (SSSR count). The summed E-state index contributed by atoms with van der Waals surface area (Å²) in [4.78, 5) is 3.17. The molecule has 1 N–H and O–H groups in total. The second kappa shape index (κ2) is 3.42. The standard InChI is InChI=1S/C10H15N/c1-8(2)7-9(3)10-5-4-6-11-10/h4-8,11H,1-3H3/b9-7+. The highest BCUT2D eigenvalue weighted by atomic mass is 14.7. The van der Waals surface area contributed by atoms with Gasteiger partial charge in [-0.2, -0.15) is 0 Å². The average molecular weight is 149 g/mol. The van der Waals surface area contributed by atoms with Crippen molar-refractivity contribution >= 4 is 5.57 Å². The van der Waals surface area contributed by atoms with E-state index < -0.39 is 0 Å². The summed E-state index contributed by atoms with van der Waals surface area (Å²) in [5, 5.41) is 0. The maximum Gasteiger partial charge on any atom is 0.0406 e. The predicted octanol–water partition coefficient (Wildman–Crippen LogP) is 3.07. The molecule has 0 radical (unpaired) electrons. The van der Waals surface area contributed by atoms with E-state index in [0.29, 0.717) is 5.92 Å². The highest BCUT2D eigenvalue weighted by Crippen LogP contribution is 2.12. The highest BCUT2D eigenvalue weighted by molar-refractivity contribution is 5.60. The minimum atomic E-state index is 0.623. The van der Waals surface area contributed by atoms with E-state index in [-0.39, 0.29) is 0 Å². The van der Waals surface area contributed by atoms with E-state index in [9.17, 15) is 0 Å². The van der Waals surface area contributed by atoms with Gasteiger partial charge in [0.2, 0.25) is 0 Å². The Hall–Kier alpha value is -0.980. The van der Waals surface area contributed by atoms with Crippen molar-refractivity contribution in [2.24, 2.45) is 5.92 Å². The average Bonchev–Trinajstić information content (AvgIpc) is 2.35. The fraction of sp³-hybridized carbons (Fsp3) is 0.400. The Bertz CT molecular complexity index is 229. The van der Waals surface area contributed by atoms with E-state index in [1.165, 1.54) is 11.3 Å². The van der Waals surface area contributed by atoms with Gasteiger partial charge in [0, 0.05) is 11.9 Å². The Labute approximate surface area is 68.1 Å². The summed E-state index contributed by atoms with van der Waals surface area (Å²) in [5.41, 5.74) is 2.55. The summed E-state index contributed by atoms with van der Waals surface area (Å²) >= 11 is 0. The minimum Gasteiger partial charge on any atom is -0.361 e. The summed E-state index contributed by atoms with van der Waals surface area (Å²) in [6.07, 6.45) is 4.21. The second-order valence-electron chi connectivity index (χ2n) is 3.18. The number of H-pyrrole nitrogens is 1. The Morgan fingerprint density at radius 1 is 1.55 bits per heavy atom. The fourth-order valence-corrected chi connectivity index (χ4v) is 1.17. The smallest absolute Gasteiger partial charge is 0.0406 e. The molecule has 1 heteroatoms. The number of aromatic nitrogens is 1. The van der Waals surface area contributed by atoms with Crippen molar-refractivity contribution in [1.82, 2.24) is 4.98 Å². The van der Waals surface area contributed by atoms with Crippen LogP contribution in [0.15, 0.2) is 24.4 Å². The van der Waals surface area contributed by atoms with Crippen molar-refractivity contribution in [2.45, 2.75) is 20.8 Å². The highest BCUT2D eigenvalue weighted by Gasteiger charge is 1.95. The van der Waals surface area contributed by atoms with Crippen LogP contribution in [-0.4, -0.2) is 4.98 Å². The normalized spacial score (nSPS) is 12.5. The molecule has 0 saturated heterocycles. The zero-order chi connectivity index (χ0) is 8.27. The van der Waals surface area contributed by atoms with Crippen molar-refractivity contribution in [3.8, 4) is 0 Å². The summed E-state index contributed by atoms with van der Waals surface area (Å²) < 4.78 is 0. The SMILES string of the molecule is C/C(=C\C(C)C)c1ccc[nH]1. The van der Waals surface area contributed by atoms with Gasteiger partial charge in [0.05, 0.1) is 0 Å². The van der Waals surface area contributed by atoms with Gasteiger partial charge in [-0.05, 0) is 30.5 Å². The van der Waals surface area contributed by atoms with Gasteiger partial charge < -0.3 is 4.98 Å². The lowest BCUT2D eigenvalue weighted by Gasteiger charge is -1.99. The minimum absolute atomic E-state index is 0.623. The van der Waals surface area contributed by atoms with Gasteiger partial charge in [0.25, 0.3) is 0 Å². The molecule has 1 heterocycles. The van der Waals surface area contributed by atoms with Crippen molar-refractivity contribution in [1.29, 1.82) is 0 Å². The molecule has 0 amide bonds.